The fourth-order valence-electron chi connectivity index (χ4n) is 5.93. The zero-order valence-corrected chi connectivity index (χ0v) is 29.3. The fraction of sp³-hybridized carbons (Fsp3) is 0.357. The normalized spacial score (nSPS) is 13.6. The zero-order valence-electron chi connectivity index (χ0n) is 29.3. The van der Waals surface area contributed by atoms with Crippen molar-refractivity contribution in [3.8, 4) is 0 Å². The zero-order chi connectivity index (χ0) is 35.6. The van der Waals surface area contributed by atoms with Crippen LogP contribution in [0.2, 0.25) is 0 Å². The van der Waals surface area contributed by atoms with Gasteiger partial charge in [0.05, 0.1) is 12.6 Å². The predicted molar refractivity (Wildman–Crippen MR) is 197 cm³/mol. The minimum absolute atomic E-state index is 0.156. The molecule has 0 aromatic heterocycles. The van der Waals surface area contributed by atoms with E-state index < -0.39 is 35.4 Å². The summed E-state index contributed by atoms with van der Waals surface area (Å²) < 4.78 is 12.4. The smallest absolute Gasteiger partial charge is 0.259 e. The van der Waals surface area contributed by atoms with E-state index in [0.29, 0.717) is 25.9 Å². The van der Waals surface area contributed by atoms with Crippen molar-refractivity contribution in [2.24, 2.45) is 11.7 Å². The summed E-state index contributed by atoms with van der Waals surface area (Å²) in [7, 11) is 0. The van der Waals surface area contributed by atoms with Gasteiger partial charge in [-0.15, -0.1) is 0 Å². The minimum Gasteiger partial charge on any atom is -0.351 e. The Morgan fingerprint density at radius 3 is 1.82 bits per heavy atom. The molecule has 0 heterocycles. The average molecular weight is 678 g/mol. The van der Waals surface area contributed by atoms with E-state index in [9.17, 15) is 14.4 Å². The number of rotatable bonds is 20. The number of aryl methyl sites for hydroxylation is 1. The number of imide groups is 1. The van der Waals surface area contributed by atoms with E-state index in [4.69, 9.17) is 15.2 Å². The van der Waals surface area contributed by atoms with Crippen molar-refractivity contribution < 1.29 is 23.9 Å². The second-order valence-electron chi connectivity index (χ2n) is 13.3. The number of nitrogens with one attached hydrogen (secondary N) is 2. The highest BCUT2D eigenvalue weighted by atomic mass is 16.7. The lowest BCUT2D eigenvalue weighted by molar-refractivity contribution is -0.174. The second kappa shape index (κ2) is 20.1. The molecule has 3 atom stereocenters. The number of nitrogens with two attached hydrogens (primary N) is 1. The van der Waals surface area contributed by atoms with E-state index in [1.165, 1.54) is 5.56 Å². The molecule has 0 bridgehead atoms. The molecular formula is C42H51N3O5. The molecule has 4 aromatic carbocycles. The number of ether oxygens (including phenoxy) is 2. The molecule has 0 radical (unpaired) electrons. The van der Waals surface area contributed by atoms with E-state index in [1.54, 1.807) is 0 Å². The van der Waals surface area contributed by atoms with Crippen LogP contribution in [0.5, 0.6) is 0 Å². The molecule has 4 N–H and O–H groups in total. The van der Waals surface area contributed by atoms with Gasteiger partial charge in [-0.2, -0.15) is 0 Å². The van der Waals surface area contributed by atoms with Gasteiger partial charge in [-0.3, -0.25) is 19.7 Å². The van der Waals surface area contributed by atoms with Gasteiger partial charge in [0.1, 0.15) is 12.8 Å². The molecular weight excluding hydrogens is 626 g/mol. The van der Waals surface area contributed by atoms with Crippen molar-refractivity contribution in [3.05, 3.63) is 144 Å². The first-order valence-electron chi connectivity index (χ1n) is 17.5. The van der Waals surface area contributed by atoms with Crippen LogP contribution in [0.1, 0.15) is 61.8 Å². The summed E-state index contributed by atoms with van der Waals surface area (Å²) in [5.41, 5.74) is 8.66. The second-order valence-corrected chi connectivity index (χ2v) is 13.3. The van der Waals surface area contributed by atoms with Gasteiger partial charge in [-0.25, -0.2) is 0 Å². The van der Waals surface area contributed by atoms with Crippen molar-refractivity contribution >= 4 is 17.7 Å². The van der Waals surface area contributed by atoms with Gasteiger partial charge in [0, 0.05) is 12.8 Å². The van der Waals surface area contributed by atoms with Crippen molar-refractivity contribution in [3.63, 3.8) is 0 Å². The Morgan fingerprint density at radius 2 is 1.24 bits per heavy atom. The van der Waals surface area contributed by atoms with Crippen LogP contribution in [-0.2, 0) is 49.7 Å². The Balaban J connectivity index is 1.58. The molecule has 0 aliphatic carbocycles. The number of carbonyl (C=O) groups is 3. The third-order valence-electron chi connectivity index (χ3n) is 8.63. The van der Waals surface area contributed by atoms with Crippen LogP contribution in [0.3, 0.4) is 0 Å². The summed E-state index contributed by atoms with van der Waals surface area (Å²) in [5, 5.41) is 5.47. The van der Waals surface area contributed by atoms with Crippen molar-refractivity contribution in [1.29, 1.82) is 0 Å². The first-order valence-corrected chi connectivity index (χ1v) is 17.5. The molecule has 8 nitrogen and oxygen atoms in total. The molecule has 3 amide bonds. The number of amides is 3. The van der Waals surface area contributed by atoms with Crippen LogP contribution in [0.4, 0.5) is 0 Å². The van der Waals surface area contributed by atoms with Crippen LogP contribution in [0.15, 0.2) is 121 Å². The van der Waals surface area contributed by atoms with Gasteiger partial charge in [-0.1, -0.05) is 135 Å². The molecule has 8 heteroatoms. The van der Waals surface area contributed by atoms with Crippen LogP contribution < -0.4 is 16.4 Å². The van der Waals surface area contributed by atoms with E-state index in [0.717, 1.165) is 29.5 Å². The third-order valence-corrected chi connectivity index (χ3v) is 8.63. The molecule has 0 saturated heterocycles. The van der Waals surface area contributed by atoms with Gasteiger partial charge in [0.15, 0.2) is 5.60 Å². The van der Waals surface area contributed by atoms with Gasteiger partial charge < -0.3 is 20.5 Å². The lowest BCUT2D eigenvalue weighted by Crippen LogP contribution is -2.58. The van der Waals surface area contributed by atoms with Gasteiger partial charge in [0.25, 0.3) is 5.91 Å². The summed E-state index contributed by atoms with van der Waals surface area (Å²) in [6.07, 6.45) is 3.54. The number of carbonyl (C=O) groups excluding carboxylic acids is 3. The quantitative estimate of drug-likeness (QED) is 0.0745. The third kappa shape index (κ3) is 12.7. The number of unbranched alkanes of at least 4 members (excludes halogenated alkanes) is 1. The van der Waals surface area contributed by atoms with Crippen LogP contribution >= 0.6 is 0 Å². The number of hydrogen-bond donors (Lipinski definition) is 3. The predicted octanol–water partition coefficient (Wildman–Crippen LogP) is 6.32. The Hall–Kier alpha value is -4.63. The average Bonchev–Trinajstić information content (AvgIpc) is 3.13. The van der Waals surface area contributed by atoms with Gasteiger partial charge in [-0.05, 0) is 60.3 Å². The van der Waals surface area contributed by atoms with E-state index in [2.05, 4.69) is 22.8 Å². The van der Waals surface area contributed by atoms with E-state index in [-0.39, 0.29) is 25.6 Å². The summed E-state index contributed by atoms with van der Waals surface area (Å²) >= 11 is 0. The lowest BCUT2D eigenvalue weighted by atomic mass is 9.87. The molecule has 1 unspecified atom stereocenters. The maximum absolute atomic E-state index is 14.5. The van der Waals surface area contributed by atoms with Crippen LogP contribution in [0.25, 0.3) is 0 Å². The molecule has 264 valence electrons. The minimum atomic E-state index is -1.43. The Labute approximate surface area is 296 Å². The molecule has 0 spiro atoms. The van der Waals surface area contributed by atoms with Crippen LogP contribution in [-0.4, -0.2) is 42.2 Å². The molecule has 0 fully saturated rings. The van der Waals surface area contributed by atoms with Gasteiger partial charge in [0.2, 0.25) is 11.8 Å². The van der Waals surface area contributed by atoms with Crippen molar-refractivity contribution in [1.82, 2.24) is 10.6 Å². The van der Waals surface area contributed by atoms with Crippen LogP contribution in [0, 0.1) is 5.92 Å². The largest absolute Gasteiger partial charge is 0.351 e. The Bertz CT molecular complexity index is 1540. The Morgan fingerprint density at radius 1 is 0.700 bits per heavy atom. The standard InChI is InChI=1S/C42H51N3O5/c1-32(2)27-37(43)39(46)44-38(28-34-20-9-4-10-21-34)40(47)45-41(48)42(29-35-22-11-5-12-23-35,26-16-15-19-33-17-7-3-8-18-33)50-31-49-30-36-24-13-6-14-25-36/h3-14,17-18,20-25,32,37-38H,15-16,19,26-31,43H2,1-2H3,(H,44,46)(H,45,47,48)/t37-,38-,42?/m0/s1. The highest BCUT2D eigenvalue weighted by molar-refractivity contribution is 6.03. The van der Waals surface area contributed by atoms with E-state index in [1.807, 2.05) is 123 Å². The highest BCUT2D eigenvalue weighted by Crippen LogP contribution is 2.27. The van der Waals surface area contributed by atoms with Crippen molar-refractivity contribution in [2.45, 2.75) is 83.1 Å². The monoisotopic (exact) mass is 677 g/mol. The summed E-state index contributed by atoms with van der Waals surface area (Å²) in [6, 6.07) is 37.1. The molecule has 0 aliphatic heterocycles. The first kappa shape index (κ1) is 38.2. The Kier molecular flexibility index (Phi) is 15.4. The fourth-order valence-corrected chi connectivity index (χ4v) is 5.93. The maximum atomic E-state index is 14.5. The lowest BCUT2D eigenvalue weighted by Gasteiger charge is -2.33. The highest BCUT2D eigenvalue weighted by Gasteiger charge is 2.41. The molecule has 50 heavy (non-hydrogen) atoms. The van der Waals surface area contributed by atoms with Gasteiger partial charge >= 0.3 is 0 Å². The summed E-state index contributed by atoms with van der Waals surface area (Å²) in [6.45, 7) is 4.11. The van der Waals surface area contributed by atoms with E-state index >= 15 is 0 Å². The molecule has 4 aromatic rings. The number of benzene rings is 4. The summed E-state index contributed by atoms with van der Waals surface area (Å²) in [4.78, 5) is 41.6. The topological polar surface area (TPSA) is 120 Å². The molecule has 0 saturated carbocycles. The number of hydrogen-bond acceptors (Lipinski definition) is 6. The summed E-state index contributed by atoms with van der Waals surface area (Å²) in [5.74, 6) is -1.45. The SMILES string of the molecule is CC(C)C[C@H](N)C(=O)N[C@@H](Cc1ccccc1)C(=O)NC(=O)C(CCCCc1ccccc1)(Cc1ccccc1)OCOCc1ccccc1. The molecule has 0 aliphatic rings. The first-order chi connectivity index (χ1) is 24.2. The molecule has 4 rings (SSSR count). The van der Waals surface area contributed by atoms with Crippen molar-refractivity contribution in [2.75, 3.05) is 6.79 Å². The maximum Gasteiger partial charge on any atom is 0.259 e.